The van der Waals surface area contributed by atoms with Crippen molar-refractivity contribution in [2.75, 3.05) is 0 Å². The molecule has 0 fully saturated rings. The number of nitrogens with zero attached hydrogens (tertiary/aromatic N) is 1. The molecule has 0 aliphatic carbocycles. The van der Waals surface area contributed by atoms with E-state index in [9.17, 15) is 0 Å². The van der Waals surface area contributed by atoms with E-state index in [2.05, 4.69) is 48.5 Å². The van der Waals surface area contributed by atoms with Gasteiger partial charge >= 0.3 is 0 Å². The summed E-state index contributed by atoms with van der Waals surface area (Å²) in [5.74, 6) is 0.825. The first-order chi connectivity index (χ1) is 6.20. The molecule has 5 heteroatoms. The van der Waals surface area contributed by atoms with Gasteiger partial charge in [0.2, 0.25) is 0 Å². The lowest BCUT2D eigenvalue weighted by atomic mass is 10.3. The standard InChI is InChI=1S/C8H7BrIN3/c9-4-1-5(10)8-6(2-4)12-7(3-11)13-8/h1-2H,3,11H2,(H,12,13). The minimum atomic E-state index is 0.447. The first kappa shape index (κ1) is 9.42. The van der Waals surface area contributed by atoms with Gasteiger partial charge in [0.05, 0.1) is 12.1 Å². The lowest BCUT2D eigenvalue weighted by Crippen LogP contribution is -1.97. The zero-order valence-electron chi connectivity index (χ0n) is 6.64. The monoisotopic (exact) mass is 351 g/mol. The van der Waals surface area contributed by atoms with Crippen LogP contribution in [0.25, 0.3) is 11.0 Å². The van der Waals surface area contributed by atoms with Crippen molar-refractivity contribution in [2.45, 2.75) is 6.54 Å². The number of hydrogen-bond donors (Lipinski definition) is 2. The van der Waals surface area contributed by atoms with E-state index < -0.39 is 0 Å². The summed E-state index contributed by atoms with van der Waals surface area (Å²) in [5.41, 5.74) is 7.51. The van der Waals surface area contributed by atoms with Crippen molar-refractivity contribution in [1.29, 1.82) is 0 Å². The van der Waals surface area contributed by atoms with Crippen LogP contribution in [-0.4, -0.2) is 9.97 Å². The Balaban J connectivity index is 2.75. The molecule has 2 aromatic rings. The third kappa shape index (κ3) is 1.72. The maximum atomic E-state index is 5.49. The van der Waals surface area contributed by atoms with Crippen LogP contribution in [0, 0.1) is 3.57 Å². The van der Waals surface area contributed by atoms with Crippen LogP contribution in [0.3, 0.4) is 0 Å². The lowest BCUT2D eigenvalue weighted by Gasteiger charge is -1.93. The Morgan fingerprint density at radius 2 is 2.31 bits per heavy atom. The molecule has 0 spiro atoms. The predicted molar refractivity (Wildman–Crippen MR) is 64.4 cm³/mol. The smallest absolute Gasteiger partial charge is 0.121 e. The molecule has 0 saturated carbocycles. The van der Waals surface area contributed by atoms with E-state index in [1.165, 1.54) is 0 Å². The van der Waals surface area contributed by atoms with Gasteiger partial charge in [0.15, 0.2) is 0 Å². The van der Waals surface area contributed by atoms with Gasteiger partial charge in [0.25, 0.3) is 0 Å². The molecule has 3 nitrogen and oxygen atoms in total. The number of halogens is 2. The van der Waals surface area contributed by atoms with Crippen LogP contribution in [0.1, 0.15) is 5.82 Å². The largest absolute Gasteiger partial charge is 0.341 e. The number of H-pyrrole nitrogens is 1. The molecular weight excluding hydrogens is 345 g/mol. The Morgan fingerprint density at radius 1 is 1.54 bits per heavy atom. The van der Waals surface area contributed by atoms with Crippen LogP contribution in [0.15, 0.2) is 16.6 Å². The van der Waals surface area contributed by atoms with Gasteiger partial charge in [-0.2, -0.15) is 0 Å². The van der Waals surface area contributed by atoms with E-state index in [1.807, 2.05) is 12.1 Å². The van der Waals surface area contributed by atoms with Crippen LogP contribution >= 0.6 is 38.5 Å². The molecule has 0 unspecified atom stereocenters. The van der Waals surface area contributed by atoms with Crippen molar-refractivity contribution in [1.82, 2.24) is 9.97 Å². The zero-order valence-corrected chi connectivity index (χ0v) is 10.4. The van der Waals surface area contributed by atoms with Crippen LogP contribution < -0.4 is 5.73 Å². The number of benzene rings is 1. The fourth-order valence-corrected chi connectivity index (χ4v) is 2.82. The van der Waals surface area contributed by atoms with Crippen molar-refractivity contribution in [3.05, 3.63) is 26.0 Å². The molecule has 0 aliphatic rings. The summed E-state index contributed by atoms with van der Waals surface area (Å²) in [6.07, 6.45) is 0. The molecule has 0 atom stereocenters. The highest BCUT2D eigenvalue weighted by atomic mass is 127. The van der Waals surface area contributed by atoms with Gasteiger partial charge in [0.1, 0.15) is 11.3 Å². The maximum absolute atomic E-state index is 5.49. The van der Waals surface area contributed by atoms with E-state index >= 15 is 0 Å². The Hall–Kier alpha value is -0.140. The van der Waals surface area contributed by atoms with Crippen LogP contribution in [-0.2, 0) is 6.54 Å². The molecule has 0 radical (unpaired) electrons. The second-order valence-corrected chi connectivity index (χ2v) is 4.75. The maximum Gasteiger partial charge on any atom is 0.121 e. The molecule has 0 bridgehead atoms. The quantitative estimate of drug-likeness (QED) is 0.775. The number of rotatable bonds is 1. The molecule has 1 heterocycles. The average Bonchev–Trinajstić information content (AvgIpc) is 2.47. The van der Waals surface area contributed by atoms with Crippen molar-refractivity contribution in [3.8, 4) is 0 Å². The Labute approximate surface area is 97.4 Å². The van der Waals surface area contributed by atoms with Gasteiger partial charge in [-0.05, 0) is 34.7 Å². The number of hydrogen-bond acceptors (Lipinski definition) is 2. The number of fused-ring (bicyclic) bond motifs is 1. The normalized spacial score (nSPS) is 11.0. The average molecular weight is 352 g/mol. The lowest BCUT2D eigenvalue weighted by molar-refractivity contribution is 0.958. The molecule has 2 rings (SSSR count). The van der Waals surface area contributed by atoms with Crippen LogP contribution in [0.5, 0.6) is 0 Å². The summed E-state index contributed by atoms with van der Waals surface area (Å²) >= 11 is 5.69. The molecule has 13 heavy (non-hydrogen) atoms. The summed E-state index contributed by atoms with van der Waals surface area (Å²) in [6.45, 7) is 0.447. The number of nitrogens with one attached hydrogen (secondary N) is 1. The Kier molecular flexibility index (Phi) is 2.57. The van der Waals surface area contributed by atoms with Crippen LogP contribution in [0.2, 0.25) is 0 Å². The summed E-state index contributed by atoms with van der Waals surface area (Å²) in [6, 6.07) is 4.04. The van der Waals surface area contributed by atoms with Gasteiger partial charge in [0, 0.05) is 8.04 Å². The minimum Gasteiger partial charge on any atom is -0.341 e. The third-order valence-corrected chi connectivity index (χ3v) is 3.03. The minimum absolute atomic E-state index is 0.447. The van der Waals surface area contributed by atoms with E-state index in [1.54, 1.807) is 0 Å². The van der Waals surface area contributed by atoms with Crippen molar-refractivity contribution >= 4 is 49.6 Å². The summed E-state index contributed by atoms with van der Waals surface area (Å²) in [4.78, 5) is 7.52. The molecule has 0 saturated heterocycles. The number of aromatic amines is 1. The summed E-state index contributed by atoms with van der Waals surface area (Å²) in [7, 11) is 0. The SMILES string of the molecule is NCc1nc2c(I)cc(Br)cc2[nH]1. The molecule has 0 amide bonds. The molecule has 68 valence electrons. The fraction of sp³-hybridized carbons (Fsp3) is 0.125. The molecule has 3 N–H and O–H groups in total. The first-order valence-corrected chi connectivity index (χ1v) is 5.61. The van der Waals surface area contributed by atoms with E-state index in [0.717, 1.165) is 24.9 Å². The van der Waals surface area contributed by atoms with Gasteiger partial charge in [-0.3, -0.25) is 0 Å². The molecule has 1 aromatic heterocycles. The summed E-state index contributed by atoms with van der Waals surface area (Å²) < 4.78 is 2.18. The Morgan fingerprint density at radius 3 is 3.00 bits per heavy atom. The number of imidazole rings is 1. The van der Waals surface area contributed by atoms with Gasteiger partial charge in [-0.1, -0.05) is 15.9 Å². The van der Waals surface area contributed by atoms with Crippen LogP contribution in [0.4, 0.5) is 0 Å². The van der Waals surface area contributed by atoms with Crippen molar-refractivity contribution in [3.63, 3.8) is 0 Å². The second kappa shape index (κ2) is 3.55. The van der Waals surface area contributed by atoms with Gasteiger partial charge in [-0.15, -0.1) is 0 Å². The molecule has 0 aliphatic heterocycles. The predicted octanol–water partition coefficient (Wildman–Crippen LogP) is 2.39. The fourth-order valence-electron chi connectivity index (χ4n) is 1.19. The second-order valence-electron chi connectivity index (χ2n) is 2.67. The van der Waals surface area contributed by atoms with Crippen molar-refractivity contribution < 1.29 is 0 Å². The van der Waals surface area contributed by atoms with Gasteiger partial charge in [-0.25, -0.2) is 4.98 Å². The van der Waals surface area contributed by atoms with E-state index in [-0.39, 0.29) is 0 Å². The first-order valence-electron chi connectivity index (χ1n) is 3.74. The third-order valence-electron chi connectivity index (χ3n) is 1.75. The molecular formula is C8H7BrIN3. The summed E-state index contributed by atoms with van der Waals surface area (Å²) in [5, 5.41) is 0. The van der Waals surface area contributed by atoms with E-state index in [4.69, 9.17) is 5.73 Å². The highest BCUT2D eigenvalue weighted by Gasteiger charge is 2.05. The van der Waals surface area contributed by atoms with Crippen molar-refractivity contribution in [2.24, 2.45) is 5.73 Å². The Bertz CT molecular complexity index is 452. The number of nitrogens with two attached hydrogens (primary N) is 1. The topological polar surface area (TPSA) is 54.7 Å². The van der Waals surface area contributed by atoms with Gasteiger partial charge < -0.3 is 10.7 Å². The highest BCUT2D eigenvalue weighted by Crippen LogP contribution is 2.23. The molecule has 1 aromatic carbocycles. The number of aromatic nitrogens is 2. The highest BCUT2D eigenvalue weighted by molar-refractivity contribution is 14.1. The zero-order chi connectivity index (χ0) is 9.42. The van der Waals surface area contributed by atoms with E-state index in [0.29, 0.717) is 6.54 Å².